The zero-order chi connectivity index (χ0) is 22.6. The average Bonchev–Trinajstić information content (AvgIpc) is 3.09. The van der Waals surface area contributed by atoms with Crippen molar-refractivity contribution >= 4 is 23.2 Å². The Balaban J connectivity index is 1.63. The van der Waals surface area contributed by atoms with Crippen LogP contribution in [0.5, 0.6) is 0 Å². The zero-order valence-corrected chi connectivity index (χ0v) is 19.4. The molecule has 0 aromatic carbocycles. The van der Waals surface area contributed by atoms with Crippen molar-refractivity contribution in [2.45, 2.75) is 95.5 Å². The molecule has 1 heterocycles. The number of ether oxygens (including phenoxy) is 2. The zero-order valence-electron chi connectivity index (χ0n) is 18.7. The lowest BCUT2D eigenvalue weighted by molar-refractivity contribution is -0.250. The quantitative estimate of drug-likeness (QED) is 0.641. The van der Waals surface area contributed by atoms with Gasteiger partial charge in [-0.05, 0) is 57.9 Å². The van der Waals surface area contributed by atoms with Crippen molar-refractivity contribution in [1.29, 1.82) is 0 Å². The Morgan fingerprint density at radius 2 is 1.97 bits per heavy atom. The molecule has 4 aliphatic carbocycles. The fourth-order valence-corrected chi connectivity index (χ4v) is 8.47. The van der Waals surface area contributed by atoms with Gasteiger partial charge in [-0.2, -0.15) is 0 Å². The van der Waals surface area contributed by atoms with Crippen LogP contribution in [0.25, 0.3) is 0 Å². The molecule has 4 fully saturated rings. The number of rotatable bonds is 2. The summed E-state index contributed by atoms with van der Waals surface area (Å²) in [7, 11) is 0. The Labute approximate surface area is 187 Å². The summed E-state index contributed by atoms with van der Waals surface area (Å²) in [6.07, 6.45) is 2.28. The molecule has 0 bridgehead atoms. The summed E-state index contributed by atoms with van der Waals surface area (Å²) in [4.78, 5) is 25.3. The topological polar surface area (TPSA) is 72.8 Å². The van der Waals surface area contributed by atoms with E-state index in [0.717, 1.165) is 5.57 Å². The number of halogens is 2. The van der Waals surface area contributed by atoms with E-state index in [1.807, 2.05) is 13.8 Å². The van der Waals surface area contributed by atoms with Crippen LogP contribution in [-0.2, 0) is 19.1 Å². The van der Waals surface area contributed by atoms with Crippen LogP contribution in [0, 0.1) is 22.7 Å². The fourth-order valence-electron chi connectivity index (χ4n) is 8.27. The third kappa shape index (κ3) is 2.43. The van der Waals surface area contributed by atoms with E-state index in [-0.39, 0.29) is 29.8 Å². The number of hydrogen-bond acceptors (Lipinski definition) is 5. The molecular weight excluding hydrogens is 423 g/mol. The number of allylic oxidation sites excluding steroid dienone is 1. The standard InChI is InChI=1S/C24H32ClFO5/c1-20(2)30-19-10-16-15-6-5-13-9-14(27)7-8-21(13,3)23(15,26)17(28)11-22(16,4)24(19,31-20)18(29)12-25/h9,15-17,19,28H,5-8,10-12H2,1-4H3/t15-,16?,17-,19+,21-,22-,23-,24?/m0/s1. The van der Waals surface area contributed by atoms with E-state index in [1.54, 1.807) is 19.9 Å². The second kappa shape index (κ2) is 6.40. The van der Waals surface area contributed by atoms with Gasteiger partial charge in [-0.3, -0.25) is 9.59 Å². The first-order valence-electron chi connectivity index (χ1n) is 11.4. The van der Waals surface area contributed by atoms with Crippen molar-refractivity contribution in [3.63, 3.8) is 0 Å². The first-order valence-corrected chi connectivity index (χ1v) is 12.0. The highest BCUT2D eigenvalue weighted by Gasteiger charge is 2.80. The van der Waals surface area contributed by atoms with Gasteiger partial charge in [0.05, 0.1) is 18.1 Å². The average molecular weight is 455 g/mol. The molecule has 5 nitrogen and oxygen atoms in total. The molecule has 5 rings (SSSR count). The van der Waals surface area contributed by atoms with Gasteiger partial charge in [0.15, 0.2) is 23.0 Å². The maximum Gasteiger partial charge on any atom is 0.182 e. The summed E-state index contributed by atoms with van der Waals surface area (Å²) in [5.41, 5.74) is -4.00. The van der Waals surface area contributed by atoms with Crippen molar-refractivity contribution < 1.29 is 28.6 Å². The third-order valence-electron chi connectivity index (χ3n) is 9.57. The molecule has 0 amide bonds. The van der Waals surface area contributed by atoms with E-state index in [9.17, 15) is 14.7 Å². The Hall–Kier alpha value is -0.820. The van der Waals surface area contributed by atoms with Crippen molar-refractivity contribution in [2.24, 2.45) is 22.7 Å². The monoisotopic (exact) mass is 454 g/mol. The molecule has 172 valence electrons. The van der Waals surface area contributed by atoms with E-state index in [2.05, 4.69) is 0 Å². The molecular formula is C24H32ClFO5. The summed E-state index contributed by atoms with van der Waals surface area (Å²) < 4.78 is 29.7. The molecule has 0 aromatic heterocycles. The van der Waals surface area contributed by atoms with Crippen LogP contribution in [-0.4, -0.2) is 51.8 Å². The Kier molecular flexibility index (Phi) is 4.54. The second-order valence-corrected chi connectivity index (χ2v) is 11.5. The summed E-state index contributed by atoms with van der Waals surface area (Å²) in [6.45, 7) is 7.38. The molecule has 1 saturated heterocycles. The minimum atomic E-state index is -1.86. The van der Waals surface area contributed by atoms with Gasteiger partial charge in [0.25, 0.3) is 0 Å². The predicted octanol–water partition coefficient (Wildman–Crippen LogP) is 3.89. The van der Waals surface area contributed by atoms with Crippen molar-refractivity contribution in [2.75, 3.05) is 5.88 Å². The number of ketones is 2. The van der Waals surface area contributed by atoms with Crippen LogP contribution in [0.2, 0.25) is 0 Å². The van der Waals surface area contributed by atoms with Crippen LogP contribution >= 0.6 is 11.6 Å². The Bertz CT molecular complexity index is 887. The smallest absolute Gasteiger partial charge is 0.182 e. The number of carbonyl (C=O) groups is 2. The van der Waals surface area contributed by atoms with Crippen LogP contribution in [0.3, 0.4) is 0 Å². The van der Waals surface area contributed by atoms with Gasteiger partial charge in [0, 0.05) is 23.2 Å². The first kappa shape index (κ1) is 22.0. The molecule has 7 heteroatoms. The highest BCUT2D eigenvalue weighted by atomic mass is 35.5. The molecule has 1 aliphatic heterocycles. The summed E-state index contributed by atoms with van der Waals surface area (Å²) in [6, 6.07) is 0. The maximum atomic E-state index is 17.2. The van der Waals surface area contributed by atoms with E-state index < -0.39 is 46.0 Å². The van der Waals surface area contributed by atoms with Gasteiger partial charge in [-0.1, -0.05) is 19.4 Å². The van der Waals surface area contributed by atoms with Crippen molar-refractivity contribution in [3.05, 3.63) is 11.6 Å². The molecule has 31 heavy (non-hydrogen) atoms. The normalized spacial score (nSPS) is 52.6. The first-order chi connectivity index (χ1) is 14.4. The molecule has 1 N–H and O–H groups in total. The molecule has 0 aromatic rings. The van der Waals surface area contributed by atoms with Gasteiger partial charge >= 0.3 is 0 Å². The van der Waals surface area contributed by atoms with Crippen LogP contribution in [0.1, 0.15) is 66.2 Å². The van der Waals surface area contributed by atoms with E-state index in [1.165, 1.54) is 0 Å². The lowest BCUT2D eigenvalue weighted by Gasteiger charge is -2.63. The summed E-state index contributed by atoms with van der Waals surface area (Å²) in [5.74, 6) is -2.02. The van der Waals surface area contributed by atoms with Gasteiger partial charge in [0.2, 0.25) is 0 Å². The minimum Gasteiger partial charge on any atom is -0.390 e. The number of aliphatic hydroxyl groups is 1. The summed E-state index contributed by atoms with van der Waals surface area (Å²) >= 11 is 6.05. The highest BCUT2D eigenvalue weighted by molar-refractivity contribution is 6.29. The molecule has 3 saturated carbocycles. The van der Waals surface area contributed by atoms with Crippen LogP contribution < -0.4 is 0 Å². The number of hydrogen-bond donors (Lipinski definition) is 1. The van der Waals surface area contributed by atoms with Crippen molar-refractivity contribution in [3.8, 4) is 0 Å². The van der Waals surface area contributed by atoms with Gasteiger partial charge < -0.3 is 14.6 Å². The van der Waals surface area contributed by atoms with E-state index >= 15 is 4.39 Å². The number of fused-ring (bicyclic) bond motifs is 7. The number of aliphatic hydroxyl groups excluding tert-OH is 1. The largest absolute Gasteiger partial charge is 0.390 e. The van der Waals surface area contributed by atoms with E-state index in [4.69, 9.17) is 21.1 Å². The molecule has 2 unspecified atom stereocenters. The van der Waals surface area contributed by atoms with Crippen molar-refractivity contribution in [1.82, 2.24) is 0 Å². The fraction of sp³-hybridized carbons (Fsp3) is 0.833. The number of carbonyl (C=O) groups excluding carboxylic acids is 2. The van der Waals surface area contributed by atoms with Gasteiger partial charge in [-0.15, -0.1) is 11.6 Å². The highest BCUT2D eigenvalue weighted by Crippen LogP contribution is 2.72. The lowest BCUT2D eigenvalue weighted by atomic mass is 9.44. The van der Waals surface area contributed by atoms with Crippen LogP contribution in [0.15, 0.2) is 11.6 Å². The molecule has 0 spiro atoms. The van der Waals surface area contributed by atoms with Crippen LogP contribution in [0.4, 0.5) is 4.39 Å². The minimum absolute atomic E-state index is 0.0377. The Morgan fingerprint density at radius 3 is 2.65 bits per heavy atom. The molecule has 5 aliphatic rings. The van der Waals surface area contributed by atoms with Gasteiger partial charge in [0.1, 0.15) is 5.67 Å². The third-order valence-corrected chi connectivity index (χ3v) is 9.81. The lowest BCUT2D eigenvalue weighted by Crippen LogP contribution is -2.70. The predicted molar refractivity (Wildman–Crippen MR) is 112 cm³/mol. The number of alkyl halides is 2. The van der Waals surface area contributed by atoms with E-state index in [0.29, 0.717) is 32.1 Å². The number of Topliss-reactive ketones (excluding diaryl/α,β-unsaturated/α-hetero) is 1. The summed E-state index contributed by atoms with van der Waals surface area (Å²) in [5, 5.41) is 11.4. The van der Waals surface area contributed by atoms with Gasteiger partial charge in [-0.25, -0.2) is 4.39 Å². The Morgan fingerprint density at radius 1 is 1.26 bits per heavy atom. The maximum absolute atomic E-state index is 17.2. The molecule has 8 atom stereocenters. The second-order valence-electron chi connectivity index (χ2n) is 11.3. The SMILES string of the molecule is CC1(C)O[C@@H]2CC3[C@@H]4CCC5=CC(=O)CC[C@]5(C)[C@@]4(F)[C@@H](O)C[C@]3(C)C2(C(=O)CCl)O1. The molecule has 0 radical (unpaired) electrons.